The lowest BCUT2D eigenvalue weighted by atomic mass is 9.62. The number of ether oxygens (including phenoxy) is 3. The second-order valence-electron chi connectivity index (χ2n) is 11.8. The molecule has 4 unspecified atom stereocenters. The molecule has 0 aromatic heterocycles. The monoisotopic (exact) mass is 598 g/mol. The summed E-state index contributed by atoms with van der Waals surface area (Å²) in [5.74, 6) is -0.254. The predicted octanol–water partition coefficient (Wildman–Crippen LogP) is 6.19. The highest BCUT2D eigenvalue weighted by atomic mass is 16.7. The first-order valence-corrected chi connectivity index (χ1v) is 15.2. The molecule has 1 N–H and O–H groups in total. The number of rotatable bonds is 7. The van der Waals surface area contributed by atoms with Gasteiger partial charge in [0, 0.05) is 23.0 Å². The van der Waals surface area contributed by atoms with E-state index in [4.69, 9.17) is 14.2 Å². The first kappa shape index (κ1) is 27.2. The smallest absolute Gasteiger partial charge is 0.238 e. The molecule has 4 aromatic rings. The van der Waals surface area contributed by atoms with Crippen molar-refractivity contribution in [1.29, 1.82) is 0 Å². The minimum atomic E-state index is -1.40. The molecule has 4 aliphatic rings. The number of amides is 1. The average molecular weight is 599 g/mol. The van der Waals surface area contributed by atoms with Crippen LogP contribution in [0, 0.1) is 5.92 Å². The highest BCUT2D eigenvalue weighted by Crippen LogP contribution is 2.62. The van der Waals surface area contributed by atoms with Crippen LogP contribution in [-0.4, -0.2) is 41.8 Å². The molecule has 4 aliphatic heterocycles. The predicted molar refractivity (Wildman–Crippen MR) is 168 cm³/mol. The van der Waals surface area contributed by atoms with Crippen molar-refractivity contribution in [3.63, 3.8) is 0 Å². The Morgan fingerprint density at radius 1 is 0.911 bits per heavy atom. The lowest BCUT2D eigenvalue weighted by molar-refractivity contribution is -0.122. The molecule has 4 atom stereocenters. The van der Waals surface area contributed by atoms with Crippen LogP contribution in [0.5, 0.6) is 17.2 Å². The van der Waals surface area contributed by atoms with Crippen LogP contribution < -0.4 is 19.5 Å². The van der Waals surface area contributed by atoms with Crippen molar-refractivity contribution in [2.75, 3.05) is 18.7 Å². The molecule has 4 aromatic carbocycles. The zero-order chi connectivity index (χ0) is 30.7. The zero-order valence-electron chi connectivity index (χ0n) is 24.6. The summed E-state index contributed by atoms with van der Waals surface area (Å²) in [5.41, 5.74) is 2.55. The lowest BCUT2D eigenvalue weighted by Crippen LogP contribution is -2.49. The Morgan fingerprint density at radius 3 is 2.51 bits per heavy atom. The van der Waals surface area contributed by atoms with E-state index < -0.39 is 23.4 Å². The normalized spacial score (nSPS) is 23.4. The highest BCUT2D eigenvalue weighted by Gasteiger charge is 2.70. The Bertz CT molecular complexity index is 1900. The zero-order valence-corrected chi connectivity index (χ0v) is 24.6. The van der Waals surface area contributed by atoms with E-state index in [2.05, 4.69) is 5.32 Å². The van der Waals surface area contributed by atoms with Gasteiger partial charge in [-0.05, 0) is 77.7 Å². The number of nitrogens with one attached hydrogen (secondary N) is 1. The van der Waals surface area contributed by atoms with E-state index in [1.165, 1.54) is 0 Å². The summed E-state index contributed by atoms with van der Waals surface area (Å²) in [4.78, 5) is 46.4. The third kappa shape index (κ3) is 3.94. The number of ketones is 2. The average Bonchev–Trinajstić information content (AvgIpc) is 3.76. The molecule has 1 fully saturated rings. The number of carbonyl (C=O) groups is 3. The van der Waals surface area contributed by atoms with Gasteiger partial charge < -0.3 is 24.4 Å². The minimum Gasteiger partial charge on any atom is -0.494 e. The van der Waals surface area contributed by atoms with Gasteiger partial charge >= 0.3 is 0 Å². The van der Waals surface area contributed by atoms with E-state index in [0.29, 0.717) is 46.2 Å². The molecule has 1 amide bonds. The second kappa shape index (κ2) is 10.4. The van der Waals surface area contributed by atoms with Crippen molar-refractivity contribution >= 4 is 29.2 Å². The summed E-state index contributed by atoms with van der Waals surface area (Å²) in [5, 5.41) is 3.09. The molecule has 0 radical (unpaired) electrons. The number of anilines is 1. The molecule has 8 rings (SSSR count). The summed E-state index contributed by atoms with van der Waals surface area (Å²) in [7, 11) is 0. The maximum atomic E-state index is 15.0. The maximum Gasteiger partial charge on any atom is 0.238 e. The third-order valence-electron chi connectivity index (χ3n) is 9.39. The molecule has 4 heterocycles. The number of para-hydroxylation sites is 1. The molecule has 0 saturated carbocycles. The van der Waals surface area contributed by atoms with Gasteiger partial charge in [0.05, 0.1) is 18.6 Å². The Labute approximate surface area is 260 Å². The van der Waals surface area contributed by atoms with Gasteiger partial charge in [0.2, 0.25) is 12.7 Å². The summed E-state index contributed by atoms with van der Waals surface area (Å²) in [6.07, 6.45) is 4.67. The number of hydrogen-bond donors (Lipinski definition) is 1. The van der Waals surface area contributed by atoms with Crippen LogP contribution in [0.15, 0.2) is 97.2 Å². The van der Waals surface area contributed by atoms with Crippen LogP contribution in [0.2, 0.25) is 0 Å². The van der Waals surface area contributed by atoms with Gasteiger partial charge in [-0.15, -0.1) is 0 Å². The van der Waals surface area contributed by atoms with Crippen LogP contribution in [0.3, 0.4) is 0 Å². The number of carbonyl (C=O) groups excluding carboxylic acids is 3. The second-order valence-corrected chi connectivity index (χ2v) is 11.8. The Kier molecular flexibility index (Phi) is 6.27. The van der Waals surface area contributed by atoms with Crippen LogP contribution in [-0.2, 0) is 10.2 Å². The Balaban J connectivity index is 1.35. The number of benzene rings is 4. The van der Waals surface area contributed by atoms with Crippen LogP contribution in [0.1, 0.15) is 56.8 Å². The molecule has 1 saturated heterocycles. The first-order valence-electron chi connectivity index (χ1n) is 15.2. The van der Waals surface area contributed by atoms with Crippen molar-refractivity contribution in [2.24, 2.45) is 5.92 Å². The standard InChI is InChI=1S/C37H30N2O6/c1-2-19-43-25-14-11-23(12-15-25)33(40)31-32(34(41)24-13-16-29-30(20-24)45-21-44-29)39-18-17-22-7-3-4-8-26(22)35(39)37(31)27-9-5-6-10-28(27)38-36(37)42/h3-18,20,31-32,35H,2,19,21H2,1H3,(H,38,42). The van der Waals surface area contributed by atoms with E-state index in [1.54, 1.807) is 42.5 Å². The Hall–Kier alpha value is -5.37. The largest absolute Gasteiger partial charge is 0.494 e. The van der Waals surface area contributed by atoms with Gasteiger partial charge in [-0.2, -0.15) is 0 Å². The van der Waals surface area contributed by atoms with E-state index in [-0.39, 0.29) is 24.3 Å². The molecular formula is C37H30N2O6. The minimum absolute atomic E-state index is 0.0727. The van der Waals surface area contributed by atoms with E-state index in [9.17, 15) is 9.59 Å². The molecule has 0 aliphatic carbocycles. The van der Waals surface area contributed by atoms with Gasteiger partial charge in [0.1, 0.15) is 17.2 Å². The molecule has 0 bridgehead atoms. The lowest BCUT2D eigenvalue weighted by Gasteiger charge is -2.38. The van der Waals surface area contributed by atoms with Crippen molar-refractivity contribution in [3.05, 3.63) is 125 Å². The van der Waals surface area contributed by atoms with Crippen molar-refractivity contribution in [3.8, 4) is 17.2 Å². The van der Waals surface area contributed by atoms with Crippen LogP contribution in [0.4, 0.5) is 5.69 Å². The SMILES string of the molecule is CCCOc1ccc(C(=O)C2C(C(=O)c3ccc4c(c3)OCO4)N3C=Cc4ccccc4C3C23C(=O)Nc2ccccc23)cc1. The fourth-order valence-corrected chi connectivity index (χ4v) is 7.50. The fraction of sp³-hybridized carbons (Fsp3) is 0.216. The van der Waals surface area contributed by atoms with E-state index in [1.807, 2.05) is 72.6 Å². The molecule has 8 heteroatoms. The Morgan fingerprint density at radius 2 is 1.67 bits per heavy atom. The molecular weight excluding hydrogens is 568 g/mol. The number of Topliss-reactive ketones (excluding diaryl/α,β-unsaturated/α-hetero) is 2. The van der Waals surface area contributed by atoms with Gasteiger partial charge in [0.15, 0.2) is 23.1 Å². The van der Waals surface area contributed by atoms with Gasteiger partial charge in [-0.3, -0.25) is 14.4 Å². The van der Waals surface area contributed by atoms with Crippen LogP contribution in [0.25, 0.3) is 6.08 Å². The summed E-state index contributed by atoms with van der Waals surface area (Å²) >= 11 is 0. The van der Waals surface area contributed by atoms with E-state index >= 15 is 4.79 Å². The van der Waals surface area contributed by atoms with Gasteiger partial charge in [-0.25, -0.2) is 0 Å². The number of fused-ring (bicyclic) bond motifs is 7. The van der Waals surface area contributed by atoms with Crippen molar-refractivity contribution < 1.29 is 28.6 Å². The van der Waals surface area contributed by atoms with Gasteiger partial charge in [-0.1, -0.05) is 49.4 Å². The highest BCUT2D eigenvalue weighted by molar-refractivity contribution is 6.16. The number of hydrogen-bond acceptors (Lipinski definition) is 7. The molecule has 1 spiro atoms. The number of nitrogens with zero attached hydrogens (tertiary/aromatic N) is 1. The van der Waals surface area contributed by atoms with Gasteiger partial charge in [0.25, 0.3) is 0 Å². The maximum absolute atomic E-state index is 15.0. The molecule has 224 valence electrons. The summed E-state index contributed by atoms with van der Waals surface area (Å²) in [6.45, 7) is 2.66. The van der Waals surface area contributed by atoms with Crippen LogP contribution >= 0.6 is 0 Å². The quantitative estimate of drug-likeness (QED) is 0.254. The molecule has 45 heavy (non-hydrogen) atoms. The summed E-state index contributed by atoms with van der Waals surface area (Å²) < 4.78 is 16.9. The molecule has 8 nitrogen and oxygen atoms in total. The third-order valence-corrected chi connectivity index (χ3v) is 9.39. The van der Waals surface area contributed by atoms with E-state index in [0.717, 1.165) is 17.5 Å². The first-order chi connectivity index (χ1) is 22.0. The summed E-state index contributed by atoms with van der Waals surface area (Å²) in [6, 6.07) is 25.8. The van der Waals surface area contributed by atoms with Crippen molar-refractivity contribution in [2.45, 2.75) is 30.8 Å². The fourth-order valence-electron chi connectivity index (χ4n) is 7.50. The topological polar surface area (TPSA) is 94.2 Å². The van der Waals surface area contributed by atoms with Crippen molar-refractivity contribution in [1.82, 2.24) is 4.90 Å².